The van der Waals surface area contributed by atoms with Crippen molar-refractivity contribution in [2.75, 3.05) is 0 Å². The Labute approximate surface area is 155 Å². The van der Waals surface area contributed by atoms with Gasteiger partial charge in [-0.25, -0.2) is 17.5 Å². The molecule has 0 atom stereocenters. The van der Waals surface area contributed by atoms with Gasteiger partial charge in [0.05, 0.1) is 12.1 Å². The highest BCUT2D eigenvalue weighted by Gasteiger charge is 2.41. The van der Waals surface area contributed by atoms with E-state index >= 15 is 0 Å². The molecule has 0 unspecified atom stereocenters. The molecular formula is C20H15NO5S. The molecule has 1 aromatic heterocycles. The van der Waals surface area contributed by atoms with Crippen molar-refractivity contribution in [2.24, 2.45) is 0 Å². The first kappa shape index (κ1) is 16.3. The summed E-state index contributed by atoms with van der Waals surface area (Å²) in [6.45, 7) is -0.198. The van der Waals surface area contributed by atoms with Gasteiger partial charge in [-0.2, -0.15) is 0 Å². The Morgan fingerprint density at radius 1 is 1.00 bits per heavy atom. The van der Waals surface area contributed by atoms with Crippen LogP contribution in [-0.2, 0) is 29.4 Å². The van der Waals surface area contributed by atoms with Crippen LogP contribution in [0.2, 0.25) is 0 Å². The molecule has 0 bridgehead atoms. The number of nitrogens with zero attached hydrogens (tertiary/aromatic N) is 1. The molecule has 1 amide bonds. The molecule has 0 saturated heterocycles. The number of amides is 1. The minimum absolute atomic E-state index is 0.00293. The third-order valence-corrected chi connectivity index (χ3v) is 7.06. The van der Waals surface area contributed by atoms with Crippen LogP contribution in [0.4, 0.5) is 0 Å². The number of carbonyl (C=O) groups is 1. The molecule has 0 saturated carbocycles. The van der Waals surface area contributed by atoms with Crippen LogP contribution in [0, 0.1) is 0 Å². The number of rotatable bonds is 2. The number of carbonyl (C=O) groups excluding carboxylic acids is 1. The van der Waals surface area contributed by atoms with Crippen molar-refractivity contribution in [3.8, 4) is 0 Å². The van der Waals surface area contributed by atoms with Gasteiger partial charge in [0.25, 0.3) is 15.9 Å². The normalized spacial score (nSPS) is 17.3. The zero-order valence-corrected chi connectivity index (χ0v) is 15.1. The largest absolute Gasteiger partial charge is 0.423 e. The van der Waals surface area contributed by atoms with Gasteiger partial charge >= 0.3 is 5.63 Å². The lowest BCUT2D eigenvalue weighted by Crippen LogP contribution is -2.29. The Hall–Kier alpha value is -2.93. The van der Waals surface area contributed by atoms with E-state index in [4.69, 9.17) is 4.42 Å². The van der Waals surface area contributed by atoms with E-state index in [0.717, 1.165) is 29.1 Å². The van der Waals surface area contributed by atoms with Gasteiger partial charge < -0.3 is 4.42 Å². The predicted octanol–water partition coefficient (Wildman–Crippen LogP) is 2.63. The average molecular weight is 381 g/mol. The molecule has 136 valence electrons. The van der Waals surface area contributed by atoms with E-state index in [2.05, 4.69) is 0 Å². The Balaban J connectivity index is 1.66. The number of sulfonamides is 1. The number of hydrogen-bond acceptors (Lipinski definition) is 5. The zero-order chi connectivity index (χ0) is 18.8. The lowest BCUT2D eigenvalue weighted by molar-refractivity contribution is 0.0865. The Morgan fingerprint density at radius 2 is 1.74 bits per heavy atom. The fourth-order valence-corrected chi connectivity index (χ4v) is 5.51. The van der Waals surface area contributed by atoms with Gasteiger partial charge in [-0.3, -0.25) is 4.79 Å². The Bertz CT molecular complexity index is 1290. The molecule has 27 heavy (non-hydrogen) atoms. The van der Waals surface area contributed by atoms with Crippen molar-refractivity contribution in [2.45, 2.75) is 30.7 Å². The van der Waals surface area contributed by atoms with Gasteiger partial charge in [0.2, 0.25) is 0 Å². The van der Waals surface area contributed by atoms with E-state index in [0.29, 0.717) is 16.5 Å². The van der Waals surface area contributed by atoms with Crippen LogP contribution in [-0.4, -0.2) is 18.6 Å². The minimum Gasteiger partial charge on any atom is -0.423 e. The van der Waals surface area contributed by atoms with Gasteiger partial charge in [-0.05, 0) is 60.2 Å². The van der Waals surface area contributed by atoms with Gasteiger partial charge in [0.1, 0.15) is 10.5 Å². The van der Waals surface area contributed by atoms with Crippen molar-refractivity contribution in [1.29, 1.82) is 0 Å². The minimum atomic E-state index is -3.94. The molecule has 5 rings (SSSR count). The topological polar surface area (TPSA) is 84.7 Å². The third-order valence-electron chi connectivity index (χ3n) is 5.27. The number of fused-ring (bicyclic) bond motifs is 3. The van der Waals surface area contributed by atoms with Crippen LogP contribution in [0.5, 0.6) is 0 Å². The summed E-state index contributed by atoms with van der Waals surface area (Å²) in [5.74, 6) is -0.576. The van der Waals surface area contributed by atoms with Gasteiger partial charge in [-0.1, -0.05) is 12.1 Å². The second kappa shape index (κ2) is 5.53. The number of benzene rings is 2. The monoisotopic (exact) mass is 381 g/mol. The summed E-state index contributed by atoms with van der Waals surface area (Å²) in [7, 11) is -3.94. The Kier molecular flexibility index (Phi) is 3.33. The second-order valence-corrected chi connectivity index (χ2v) is 8.71. The number of hydrogen-bond donors (Lipinski definition) is 0. The summed E-state index contributed by atoms with van der Waals surface area (Å²) in [5.41, 5.74) is 2.83. The molecule has 0 N–H and O–H groups in total. The molecule has 2 aliphatic rings. The lowest BCUT2D eigenvalue weighted by atomic mass is 10.0. The Morgan fingerprint density at radius 3 is 2.52 bits per heavy atom. The van der Waals surface area contributed by atoms with Crippen molar-refractivity contribution < 1.29 is 17.6 Å². The first-order chi connectivity index (χ1) is 12.9. The molecule has 0 spiro atoms. The molecule has 2 aromatic carbocycles. The molecule has 0 fully saturated rings. The summed E-state index contributed by atoms with van der Waals surface area (Å²) in [4.78, 5) is 24.7. The van der Waals surface area contributed by atoms with Gasteiger partial charge in [0.15, 0.2) is 0 Å². The zero-order valence-electron chi connectivity index (χ0n) is 14.3. The van der Waals surface area contributed by atoms with Crippen LogP contribution >= 0.6 is 0 Å². The molecule has 6 nitrogen and oxygen atoms in total. The highest BCUT2D eigenvalue weighted by atomic mass is 32.2. The third kappa shape index (κ3) is 2.35. The smallest absolute Gasteiger partial charge is 0.336 e. The van der Waals surface area contributed by atoms with E-state index < -0.39 is 21.6 Å². The molecule has 1 aliphatic heterocycles. The average Bonchev–Trinajstić information content (AvgIpc) is 3.17. The number of aryl methyl sites for hydroxylation is 2. The van der Waals surface area contributed by atoms with E-state index in [-0.39, 0.29) is 17.0 Å². The SMILES string of the molecule is O=C1c2ccccc2S(=O)(=O)N1Cc1cc(=O)oc2cc3c(cc12)CCC3. The van der Waals surface area contributed by atoms with Crippen LogP contribution < -0.4 is 5.63 Å². The molecule has 2 heterocycles. The van der Waals surface area contributed by atoms with E-state index in [9.17, 15) is 18.0 Å². The van der Waals surface area contributed by atoms with Crippen molar-refractivity contribution in [3.63, 3.8) is 0 Å². The summed E-state index contributed by atoms with van der Waals surface area (Å²) in [6, 6.07) is 11.2. The summed E-state index contributed by atoms with van der Waals surface area (Å²) < 4.78 is 31.8. The van der Waals surface area contributed by atoms with Crippen LogP contribution in [0.25, 0.3) is 11.0 Å². The maximum absolute atomic E-state index is 12.8. The maximum Gasteiger partial charge on any atom is 0.336 e. The molecule has 3 aromatic rings. The van der Waals surface area contributed by atoms with Crippen molar-refractivity contribution in [3.05, 3.63) is 75.1 Å². The van der Waals surface area contributed by atoms with E-state index in [1.165, 1.54) is 23.8 Å². The fraction of sp³-hybridized carbons (Fsp3) is 0.200. The van der Waals surface area contributed by atoms with Gasteiger partial charge in [0, 0.05) is 11.5 Å². The highest BCUT2D eigenvalue weighted by molar-refractivity contribution is 7.90. The fourth-order valence-electron chi connectivity index (χ4n) is 3.97. The van der Waals surface area contributed by atoms with Crippen LogP contribution in [0.1, 0.15) is 33.5 Å². The maximum atomic E-state index is 12.8. The first-order valence-electron chi connectivity index (χ1n) is 8.70. The van der Waals surface area contributed by atoms with Crippen LogP contribution in [0.15, 0.2) is 56.6 Å². The summed E-state index contributed by atoms with van der Waals surface area (Å²) in [6.07, 6.45) is 2.92. The summed E-state index contributed by atoms with van der Waals surface area (Å²) >= 11 is 0. The van der Waals surface area contributed by atoms with E-state index in [1.54, 1.807) is 12.1 Å². The van der Waals surface area contributed by atoms with Crippen molar-refractivity contribution >= 4 is 26.9 Å². The van der Waals surface area contributed by atoms with Crippen molar-refractivity contribution in [1.82, 2.24) is 4.31 Å². The first-order valence-corrected chi connectivity index (χ1v) is 10.1. The second-order valence-electron chi connectivity index (χ2n) is 6.87. The molecule has 0 radical (unpaired) electrons. The van der Waals surface area contributed by atoms with Gasteiger partial charge in [-0.15, -0.1) is 0 Å². The van der Waals surface area contributed by atoms with E-state index in [1.807, 2.05) is 12.1 Å². The standard InChI is InChI=1S/C20H15NO5S/c22-19-10-14(16-8-12-4-3-5-13(12)9-17(16)26-19)11-21-20(23)15-6-1-2-7-18(15)27(21,24)25/h1-2,6-10H,3-5,11H2. The highest BCUT2D eigenvalue weighted by Crippen LogP contribution is 2.33. The molecule has 7 heteroatoms. The predicted molar refractivity (Wildman–Crippen MR) is 98.0 cm³/mol. The van der Waals surface area contributed by atoms with Crippen LogP contribution in [0.3, 0.4) is 0 Å². The summed E-state index contributed by atoms with van der Waals surface area (Å²) in [5, 5.41) is 0.675. The quantitative estimate of drug-likeness (QED) is 0.637. The molecular weight excluding hydrogens is 366 g/mol. The lowest BCUT2D eigenvalue weighted by Gasteiger charge is -2.16. The molecule has 1 aliphatic carbocycles.